The zero-order chi connectivity index (χ0) is 23.5. The Morgan fingerprint density at radius 3 is 2.67 bits per heavy atom. The molecule has 0 saturated heterocycles. The Labute approximate surface area is 201 Å². The van der Waals surface area contributed by atoms with E-state index >= 15 is 0 Å². The summed E-state index contributed by atoms with van der Waals surface area (Å²) in [4.78, 5) is 16.8. The maximum absolute atomic E-state index is 12.3. The summed E-state index contributed by atoms with van der Waals surface area (Å²) >= 11 is 6.12. The average Bonchev–Trinajstić information content (AvgIpc) is 3.25. The predicted molar refractivity (Wildman–Crippen MR) is 135 cm³/mol. The normalized spacial score (nSPS) is 10.8. The number of unbranched alkanes of at least 4 members (excludes halogenated alkanes) is 2. The summed E-state index contributed by atoms with van der Waals surface area (Å²) in [5.41, 5.74) is 4.69. The molecule has 2 amide bonds. The van der Waals surface area contributed by atoms with Gasteiger partial charge in [-0.05, 0) is 31.4 Å². The van der Waals surface area contributed by atoms with E-state index in [9.17, 15) is 4.79 Å². The molecule has 0 fully saturated rings. The number of urea groups is 1. The van der Waals surface area contributed by atoms with Crippen LogP contribution in [0.25, 0.3) is 11.3 Å². The van der Waals surface area contributed by atoms with E-state index < -0.39 is 0 Å². The number of carbonyl (C=O) groups excluding carboxylic acids is 1. The van der Waals surface area contributed by atoms with Gasteiger partial charge in [0.25, 0.3) is 0 Å². The number of hydrogen-bond acceptors (Lipinski definition) is 3. The average molecular weight is 469 g/mol. The second-order valence-corrected chi connectivity index (χ2v) is 8.24. The molecule has 1 heterocycles. The van der Waals surface area contributed by atoms with Crippen LogP contribution in [0.3, 0.4) is 0 Å². The fourth-order valence-corrected chi connectivity index (χ4v) is 3.89. The molecule has 1 aromatic heterocycles. The molecule has 0 aliphatic carbocycles. The van der Waals surface area contributed by atoms with Crippen LogP contribution in [0.15, 0.2) is 54.9 Å². The van der Waals surface area contributed by atoms with Gasteiger partial charge in [-0.25, -0.2) is 9.78 Å². The lowest BCUT2D eigenvalue weighted by molar-refractivity contribution is 0.251. The van der Waals surface area contributed by atoms with Crippen molar-refractivity contribution in [2.45, 2.75) is 52.0 Å². The summed E-state index contributed by atoms with van der Waals surface area (Å²) in [7, 11) is 0. The first-order valence-electron chi connectivity index (χ1n) is 11.6. The summed E-state index contributed by atoms with van der Waals surface area (Å²) in [5, 5.41) is 5.86. The van der Waals surface area contributed by atoms with E-state index in [1.165, 1.54) is 0 Å². The first-order valence-corrected chi connectivity index (χ1v) is 12.1. The maximum Gasteiger partial charge on any atom is 0.319 e. The molecule has 33 heavy (non-hydrogen) atoms. The Morgan fingerprint density at radius 2 is 1.91 bits per heavy atom. The van der Waals surface area contributed by atoms with Crippen LogP contribution in [0.1, 0.15) is 43.9 Å². The molecule has 0 aliphatic rings. The molecule has 0 aliphatic heterocycles. The Bertz CT molecular complexity index is 1020. The first-order chi connectivity index (χ1) is 16.1. The minimum Gasteiger partial charge on any atom is -0.491 e. The zero-order valence-electron chi connectivity index (χ0n) is 19.4. The number of rotatable bonds is 12. The summed E-state index contributed by atoms with van der Waals surface area (Å²) in [5.74, 6) is 1.04. The van der Waals surface area contributed by atoms with Crippen LogP contribution in [-0.2, 0) is 12.4 Å². The Kier molecular flexibility index (Phi) is 9.63. The summed E-state index contributed by atoms with van der Waals surface area (Å²) in [6.45, 7) is 6.04. The summed E-state index contributed by atoms with van der Waals surface area (Å²) in [6.07, 6.45) is 5.83. The Hall–Kier alpha value is -2.99. The second-order valence-electron chi connectivity index (χ2n) is 7.97. The number of aromatic nitrogens is 2. The van der Waals surface area contributed by atoms with Crippen molar-refractivity contribution >= 4 is 23.3 Å². The topological polar surface area (TPSA) is 68.2 Å². The molecule has 3 aromatic rings. The van der Waals surface area contributed by atoms with E-state index in [1.807, 2.05) is 49.6 Å². The summed E-state index contributed by atoms with van der Waals surface area (Å²) < 4.78 is 8.18. The van der Waals surface area contributed by atoms with Gasteiger partial charge in [0.1, 0.15) is 5.75 Å². The molecule has 176 valence electrons. The number of nitrogens with zero attached hydrogens (tertiary/aromatic N) is 2. The second kappa shape index (κ2) is 12.9. The van der Waals surface area contributed by atoms with Crippen LogP contribution in [0, 0.1) is 6.92 Å². The molecule has 2 aromatic carbocycles. The fourth-order valence-electron chi connectivity index (χ4n) is 3.69. The molecule has 6 nitrogen and oxygen atoms in total. The van der Waals surface area contributed by atoms with Crippen molar-refractivity contribution in [1.29, 1.82) is 0 Å². The quantitative estimate of drug-likeness (QED) is 0.239. The van der Waals surface area contributed by atoms with Crippen LogP contribution in [-0.4, -0.2) is 28.7 Å². The van der Waals surface area contributed by atoms with Crippen molar-refractivity contribution in [3.63, 3.8) is 0 Å². The third kappa shape index (κ3) is 6.99. The highest BCUT2D eigenvalue weighted by atomic mass is 35.5. The lowest BCUT2D eigenvalue weighted by Crippen LogP contribution is -2.30. The molecular weight excluding hydrogens is 436 g/mol. The van der Waals surface area contributed by atoms with E-state index in [0.29, 0.717) is 30.5 Å². The molecule has 2 N–H and O–H groups in total. The van der Waals surface area contributed by atoms with Gasteiger partial charge in [-0.1, -0.05) is 62.2 Å². The van der Waals surface area contributed by atoms with Gasteiger partial charge in [0.2, 0.25) is 0 Å². The van der Waals surface area contributed by atoms with E-state index in [1.54, 1.807) is 0 Å². The van der Waals surface area contributed by atoms with Gasteiger partial charge in [-0.15, -0.1) is 11.6 Å². The van der Waals surface area contributed by atoms with Crippen LogP contribution in [0.5, 0.6) is 5.75 Å². The number of halogens is 1. The third-order valence-corrected chi connectivity index (χ3v) is 5.68. The molecule has 0 unspecified atom stereocenters. The van der Waals surface area contributed by atoms with E-state index in [2.05, 4.69) is 39.2 Å². The Morgan fingerprint density at radius 1 is 1.09 bits per heavy atom. The van der Waals surface area contributed by atoms with Gasteiger partial charge >= 0.3 is 6.03 Å². The lowest BCUT2D eigenvalue weighted by atomic mass is 10.1. The number of amides is 2. The first kappa shape index (κ1) is 24.6. The smallest absolute Gasteiger partial charge is 0.319 e. The zero-order valence-corrected chi connectivity index (χ0v) is 20.2. The highest BCUT2D eigenvalue weighted by Gasteiger charge is 2.13. The van der Waals surface area contributed by atoms with E-state index in [-0.39, 0.29) is 6.03 Å². The van der Waals surface area contributed by atoms with Crippen LogP contribution >= 0.6 is 11.6 Å². The number of ether oxygens (including phenoxy) is 1. The van der Waals surface area contributed by atoms with E-state index in [0.717, 1.165) is 54.7 Å². The number of imidazole rings is 1. The van der Waals surface area contributed by atoms with Crippen LogP contribution in [0.2, 0.25) is 0 Å². The van der Waals surface area contributed by atoms with Crippen LogP contribution < -0.4 is 15.4 Å². The third-order valence-electron chi connectivity index (χ3n) is 5.43. The van der Waals surface area contributed by atoms with E-state index in [4.69, 9.17) is 16.3 Å². The molecule has 0 bridgehead atoms. The van der Waals surface area contributed by atoms with Crippen molar-refractivity contribution in [2.24, 2.45) is 0 Å². The standard InChI is InChI=1S/C26H33ClN4O2/c1-3-4-8-15-28-26(32)30-24-20(2)11-9-14-23(24)33-17-10-16-31-19-29-22(18-27)25(31)21-12-6-5-7-13-21/h5-7,9,11-14,19H,3-4,8,10,15-18H2,1-2H3,(H2,28,30,32). The predicted octanol–water partition coefficient (Wildman–Crippen LogP) is 6.38. The molecular formula is C26H33ClN4O2. The van der Waals surface area contributed by atoms with Crippen molar-refractivity contribution in [1.82, 2.24) is 14.9 Å². The minimum atomic E-state index is -0.204. The van der Waals surface area contributed by atoms with Gasteiger partial charge in [0.05, 0.1) is 35.9 Å². The van der Waals surface area contributed by atoms with Gasteiger partial charge in [-0.2, -0.15) is 0 Å². The molecule has 0 saturated carbocycles. The molecule has 0 atom stereocenters. The fraction of sp³-hybridized carbons (Fsp3) is 0.385. The number of alkyl halides is 1. The minimum absolute atomic E-state index is 0.204. The van der Waals surface area contributed by atoms with Gasteiger partial charge in [-0.3, -0.25) is 0 Å². The van der Waals surface area contributed by atoms with Gasteiger partial charge in [0, 0.05) is 18.7 Å². The summed E-state index contributed by atoms with van der Waals surface area (Å²) in [6, 6.07) is 15.7. The Balaban J connectivity index is 1.58. The molecule has 0 spiro atoms. The highest BCUT2D eigenvalue weighted by molar-refractivity contribution is 6.17. The molecule has 7 heteroatoms. The maximum atomic E-state index is 12.3. The van der Waals surface area contributed by atoms with Crippen molar-refractivity contribution in [3.05, 3.63) is 66.1 Å². The molecule has 0 radical (unpaired) electrons. The highest BCUT2D eigenvalue weighted by Crippen LogP contribution is 2.29. The molecule has 3 rings (SSSR count). The number of aryl methyl sites for hydroxylation is 2. The number of benzene rings is 2. The van der Waals surface area contributed by atoms with Crippen LogP contribution in [0.4, 0.5) is 10.5 Å². The number of anilines is 1. The SMILES string of the molecule is CCCCCNC(=O)Nc1c(C)cccc1OCCCn1cnc(CCl)c1-c1ccccc1. The number of para-hydroxylation sites is 1. The number of carbonyl (C=O) groups is 1. The monoisotopic (exact) mass is 468 g/mol. The lowest BCUT2D eigenvalue weighted by Gasteiger charge is -2.16. The van der Waals surface area contributed by atoms with Crippen molar-refractivity contribution in [2.75, 3.05) is 18.5 Å². The van der Waals surface area contributed by atoms with Crippen molar-refractivity contribution in [3.8, 4) is 17.0 Å². The largest absolute Gasteiger partial charge is 0.491 e. The van der Waals surface area contributed by atoms with Gasteiger partial charge < -0.3 is 19.9 Å². The van der Waals surface area contributed by atoms with Crippen molar-refractivity contribution < 1.29 is 9.53 Å². The van der Waals surface area contributed by atoms with Gasteiger partial charge in [0.15, 0.2) is 0 Å². The number of nitrogens with one attached hydrogen (secondary N) is 2. The number of hydrogen-bond donors (Lipinski definition) is 2.